The van der Waals surface area contributed by atoms with E-state index in [1.54, 1.807) is 7.23 Å². The summed E-state index contributed by atoms with van der Waals surface area (Å²) < 4.78 is 3.27. The van der Waals surface area contributed by atoms with Crippen LogP contribution in [0.4, 0.5) is 0 Å². The van der Waals surface area contributed by atoms with Gasteiger partial charge in [0, 0.05) is 0 Å². The summed E-state index contributed by atoms with van der Waals surface area (Å²) in [4.78, 5) is 0. The van der Waals surface area contributed by atoms with Gasteiger partial charge in [0.2, 0.25) is 0 Å². The first-order chi connectivity index (χ1) is 10.9. The molecule has 0 saturated carbocycles. The molecule has 0 spiro atoms. The first-order valence-electron chi connectivity index (χ1n) is 8.95. The molecule has 0 radical (unpaired) electrons. The molecule has 22 heavy (non-hydrogen) atoms. The third-order valence-corrected chi connectivity index (χ3v) is 6.83. The van der Waals surface area contributed by atoms with Gasteiger partial charge in [-0.1, -0.05) is 0 Å². The molecule has 1 aromatic carbocycles. The van der Waals surface area contributed by atoms with Gasteiger partial charge in [-0.3, -0.25) is 0 Å². The predicted molar refractivity (Wildman–Crippen MR) is 102 cm³/mol. The van der Waals surface area contributed by atoms with Crippen molar-refractivity contribution in [3.05, 3.63) is 52.2 Å². The van der Waals surface area contributed by atoms with Gasteiger partial charge >= 0.3 is 148 Å². The van der Waals surface area contributed by atoms with E-state index in [1.807, 2.05) is 0 Å². The molecule has 0 amide bonds. The van der Waals surface area contributed by atoms with Crippen LogP contribution in [-0.4, -0.2) is 20.9 Å². The first kappa shape index (κ1) is 19.5. The normalized spacial score (nSPS) is 12.2. The van der Waals surface area contributed by atoms with E-state index in [1.165, 1.54) is 57.8 Å². The zero-order valence-corrected chi connectivity index (χ0v) is 16.7. The van der Waals surface area contributed by atoms with Gasteiger partial charge in [-0.05, 0) is 0 Å². The van der Waals surface area contributed by atoms with Crippen LogP contribution in [0.5, 0.6) is 0 Å². The molecule has 0 aliphatic heterocycles. The number of hydrogen-bond acceptors (Lipinski definition) is 0. The number of unbranched alkanes of at least 4 members (excludes halogenated alkanes) is 6. The molecule has 1 aromatic rings. The first-order valence-corrected chi connectivity index (χ1v) is 11.3. The van der Waals surface area contributed by atoms with E-state index in [0.717, 1.165) is 0 Å². The Labute approximate surface area is 148 Å². The molecule has 0 aliphatic rings. The second kappa shape index (κ2) is 14.1. The van der Waals surface area contributed by atoms with E-state index in [-0.39, 0.29) is 20.9 Å². The fraction of sp³-hybridized carbons (Fsp3) is 0.524. The van der Waals surface area contributed by atoms with Gasteiger partial charge in [0.25, 0.3) is 0 Å². The molecule has 0 bridgehead atoms. The monoisotopic (exact) mass is 414 g/mol. The van der Waals surface area contributed by atoms with Crippen molar-refractivity contribution in [2.75, 3.05) is 0 Å². The summed E-state index contributed by atoms with van der Waals surface area (Å²) in [5.74, 6) is 0. The van der Waals surface area contributed by atoms with Crippen LogP contribution in [0.2, 0.25) is 0 Å². The molecule has 0 unspecified atom stereocenters. The Bertz CT molecular complexity index is 417. The molecule has 122 valence electrons. The molecular weight excluding hydrogens is 380 g/mol. The SMILES string of the molecule is CCCCCC/C=C/C=C(\CCCCC)[Te]c1ccccc1. The van der Waals surface area contributed by atoms with E-state index in [9.17, 15) is 0 Å². The standard InChI is InChI=1S/C21H32Te/c1-3-5-7-8-9-10-13-17-20(16-12-6-4-2)22-21-18-14-11-15-19-21/h10-11,13-15,17-19H,3-9,12,16H2,1-2H3/b13-10+,20-17+. The average Bonchev–Trinajstić information content (AvgIpc) is 2.55. The summed E-state index contributed by atoms with van der Waals surface area (Å²) in [6.45, 7) is 4.56. The van der Waals surface area contributed by atoms with Crippen LogP contribution in [0.1, 0.15) is 71.6 Å². The molecule has 0 heterocycles. The van der Waals surface area contributed by atoms with Crippen LogP contribution in [0.15, 0.2) is 52.2 Å². The van der Waals surface area contributed by atoms with E-state index >= 15 is 0 Å². The maximum atomic E-state index is 2.42. The fourth-order valence-electron chi connectivity index (χ4n) is 2.32. The van der Waals surface area contributed by atoms with Gasteiger partial charge in [-0.15, -0.1) is 0 Å². The van der Waals surface area contributed by atoms with Gasteiger partial charge < -0.3 is 0 Å². The molecule has 1 heteroatoms. The van der Waals surface area contributed by atoms with Crippen molar-refractivity contribution < 1.29 is 0 Å². The van der Waals surface area contributed by atoms with Crippen molar-refractivity contribution >= 4 is 24.5 Å². The quantitative estimate of drug-likeness (QED) is 0.224. The Morgan fingerprint density at radius 2 is 1.64 bits per heavy atom. The number of rotatable bonds is 12. The third kappa shape index (κ3) is 10.3. The van der Waals surface area contributed by atoms with Crippen molar-refractivity contribution in [2.24, 2.45) is 0 Å². The second-order valence-corrected chi connectivity index (χ2v) is 9.21. The summed E-state index contributed by atoms with van der Waals surface area (Å²) in [6.07, 6.45) is 19.1. The Balaban J connectivity index is 2.45. The summed E-state index contributed by atoms with van der Waals surface area (Å²) in [5, 5.41) is 0. The van der Waals surface area contributed by atoms with Crippen molar-refractivity contribution in [1.29, 1.82) is 0 Å². The van der Waals surface area contributed by atoms with Crippen molar-refractivity contribution in [1.82, 2.24) is 0 Å². The zero-order chi connectivity index (χ0) is 15.9. The molecule has 0 nitrogen and oxygen atoms in total. The van der Waals surface area contributed by atoms with E-state index < -0.39 is 0 Å². The van der Waals surface area contributed by atoms with Crippen LogP contribution in [0, 0.1) is 0 Å². The second-order valence-electron chi connectivity index (χ2n) is 5.78. The minimum atomic E-state index is -0.176. The summed E-state index contributed by atoms with van der Waals surface area (Å²) in [5.41, 5.74) is 0. The van der Waals surface area contributed by atoms with Crippen LogP contribution < -0.4 is 3.61 Å². The summed E-state index contributed by atoms with van der Waals surface area (Å²) in [6, 6.07) is 11.1. The van der Waals surface area contributed by atoms with Gasteiger partial charge in [-0.2, -0.15) is 0 Å². The number of hydrogen-bond donors (Lipinski definition) is 0. The molecule has 0 aliphatic carbocycles. The molecule has 0 aromatic heterocycles. The maximum absolute atomic E-state index is 2.42. The Hall–Kier alpha value is -0.510. The summed E-state index contributed by atoms with van der Waals surface area (Å²) >= 11 is -0.176. The van der Waals surface area contributed by atoms with Crippen LogP contribution in [0.3, 0.4) is 0 Å². The molecule has 0 atom stereocenters. The molecular formula is C21H32Te. The number of benzene rings is 1. The topological polar surface area (TPSA) is 0 Å². The van der Waals surface area contributed by atoms with Crippen LogP contribution in [-0.2, 0) is 0 Å². The van der Waals surface area contributed by atoms with Crippen molar-refractivity contribution in [2.45, 2.75) is 71.6 Å². The molecule has 0 N–H and O–H groups in total. The Kier molecular flexibility index (Phi) is 12.5. The Morgan fingerprint density at radius 3 is 2.36 bits per heavy atom. The van der Waals surface area contributed by atoms with Gasteiger partial charge in [-0.25, -0.2) is 0 Å². The van der Waals surface area contributed by atoms with Gasteiger partial charge in [0.15, 0.2) is 0 Å². The predicted octanol–water partition coefficient (Wildman–Crippen LogP) is 6.01. The fourth-order valence-corrected chi connectivity index (χ4v) is 5.14. The van der Waals surface area contributed by atoms with Gasteiger partial charge in [0.1, 0.15) is 0 Å². The van der Waals surface area contributed by atoms with Crippen LogP contribution in [0.25, 0.3) is 0 Å². The van der Waals surface area contributed by atoms with Crippen molar-refractivity contribution in [3.8, 4) is 0 Å². The van der Waals surface area contributed by atoms with E-state index in [4.69, 9.17) is 0 Å². The van der Waals surface area contributed by atoms with Gasteiger partial charge in [0.05, 0.1) is 0 Å². The zero-order valence-electron chi connectivity index (χ0n) is 14.4. The average molecular weight is 412 g/mol. The van der Waals surface area contributed by atoms with Crippen molar-refractivity contribution in [3.63, 3.8) is 0 Å². The van der Waals surface area contributed by atoms with E-state index in [2.05, 4.69) is 62.4 Å². The molecule has 1 rings (SSSR count). The number of allylic oxidation sites excluding steroid dienone is 4. The minimum absolute atomic E-state index is 0.176. The third-order valence-electron chi connectivity index (χ3n) is 3.66. The molecule has 0 saturated heterocycles. The van der Waals surface area contributed by atoms with Crippen LogP contribution >= 0.6 is 0 Å². The van der Waals surface area contributed by atoms with E-state index in [0.29, 0.717) is 0 Å². The Morgan fingerprint density at radius 1 is 0.909 bits per heavy atom. The molecule has 0 fully saturated rings. The summed E-state index contributed by atoms with van der Waals surface area (Å²) in [7, 11) is 0.